The Labute approximate surface area is 76.9 Å². The maximum Gasteiger partial charge on any atom is 0.257 e. The van der Waals surface area contributed by atoms with Gasteiger partial charge in [0.15, 0.2) is 0 Å². The second-order valence-electron chi connectivity index (χ2n) is 3.08. The summed E-state index contributed by atoms with van der Waals surface area (Å²) in [6.07, 6.45) is 0.976. The number of hydrazine groups is 1. The van der Waals surface area contributed by atoms with Crippen LogP contribution in [0, 0.1) is 0 Å². The maximum atomic E-state index is 5.67. The first-order valence-corrected chi connectivity index (χ1v) is 4.11. The molecule has 0 bridgehead atoms. The average molecular weight is 185 g/mol. The van der Waals surface area contributed by atoms with Gasteiger partial charge < -0.3 is 4.90 Å². The molecule has 3 N–H and O–H groups in total. The van der Waals surface area contributed by atoms with E-state index in [-0.39, 0.29) is 0 Å². The fourth-order valence-corrected chi connectivity index (χ4v) is 0.939. The monoisotopic (exact) mass is 185 g/mol. The van der Waals surface area contributed by atoms with Gasteiger partial charge in [0, 0.05) is 6.54 Å². The van der Waals surface area contributed by atoms with Crippen molar-refractivity contribution in [3.63, 3.8) is 0 Å². The van der Waals surface area contributed by atoms with Crippen LogP contribution in [0.15, 0.2) is 0 Å². The van der Waals surface area contributed by atoms with E-state index in [1.807, 2.05) is 14.1 Å². The first-order valence-electron chi connectivity index (χ1n) is 4.11. The van der Waals surface area contributed by atoms with Crippen molar-refractivity contribution >= 4 is 5.95 Å². The molecule has 0 spiro atoms. The predicted octanol–water partition coefficient (Wildman–Crippen LogP) is -1.17. The van der Waals surface area contributed by atoms with E-state index in [1.165, 1.54) is 5.01 Å². The summed E-state index contributed by atoms with van der Waals surface area (Å²) < 4.78 is 0. The summed E-state index contributed by atoms with van der Waals surface area (Å²) in [7, 11) is 4.05. The van der Waals surface area contributed by atoms with Crippen molar-refractivity contribution in [2.24, 2.45) is 5.84 Å². The number of aromatic amines is 1. The fraction of sp³-hybridized carbons (Fsp3) is 0.833. The first kappa shape index (κ1) is 9.87. The lowest BCUT2D eigenvalue weighted by Crippen LogP contribution is -2.34. The second-order valence-corrected chi connectivity index (χ2v) is 3.08. The lowest BCUT2D eigenvalue weighted by Gasteiger charge is -2.15. The van der Waals surface area contributed by atoms with Crippen LogP contribution >= 0.6 is 0 Å². The SMILES string of the molecule is CN(C)CCCN(N)c1nnn[nH]1. The van der Waals surface area contributed by atoms with Crippen molar-refractivity contribution in [1.29, 1.82) is 0 Å². The third kappa shape index (κ3) is 3.34. The van der Waals surface area contributed by atoms with E-state index in [2.05, 4.69) is 25.5 Å². The standard InChI is InChI=1S/C6H15N7/c1-12(2)4-3-5-13(7)6-8-10-11-9-6/h3-5,7H2,1-2H3,(H,8,9,10,11). The molecule has 7 heteroatoms. The van der Waals surface area contributed by atoms with E-state index in [0.29, 0.717) is 5.95 Å². The quantitative estimate of drug-likeness (QED) is 0.444. The molecule has 0 unspecified atom stereocenters. The fourth-order valence-electron chi connectivity index (χ4n) is 0.939. The van der Waals surface area contributed by atoms with Gasteiger partial charge in [-0.25, -0.2) is 10.9 Å². The Morgan fingerprint density at radius 2 is 2.15 bits per heavy atom. The Hall–Kier alpha value is -1.21. The summed E-state index contributed by atoms with van der Waals surface area (Å²) in [6.45, 7) is 1.73. The van der Waals surface area contributed by atoms with Gasteiger partial charge in [-0.2, -0.15) is 0 Å². The number of anilines is 1. The molecule has 1 aromatic heterocycles. The molecule has 7 nitrogen and oxygen atoms in total. The number of hydrogen-bond acceptors (Lipinski definition) is 6. The van der Waals surface area contributed by atoms with Crippen molar-refractivity contribution in [2.75, 3.05) is 32.2 Å². The van der Waals surface area contributed by atoms with Gasteiger partial charge >= 0.3 is 0 Å². The summed E-state index contributed by atoms with van der Waals surface area (Å²) in [4.78, 5) is 2.10. The number of aromatic nitrogens is 4. The van der Waals surface area contributed by atoms with Gasteiger partial charge in [0.1, 0.15) is 0 Å². The number of rotatable bonds is 5. The molecule has 0 aliphatic heterocycles. The molecule has 74 valence electrons. The molecule has 1 aromatic rings. The van der Waals surface area contributed by atoms with Crippen LogP contribution in [-0.4, -0.2) is 52.7 Å². The third-order valence-electron chi connectivity index (χ3n) is 1.61. The molecule has 0 fully saturated rings. The molecule has 0 amide bonds. The minimum atomic E-state index is 0.499. The minimum Gasteiger partial charge on any atom is -0.309 e. The van der Waals surface area contributed by atoms with E-state index >= 15 is 0 Å². The second kappa shape index (κ2) is 4.73. The van der Waals surface area contributed by atoms with Crippen LogP contribution in [0.5, 0.6) is 0 Å². The molecule has 0 saturated carbocycles. The molecule has 0 atom stereocenters. The molecular weight excluding hydrogens is 170 g/mol. The zero-order valence-electron chi connectivity index (χ0n) is 7.93. The van der Waals surface area contributed by atoms with E-state index in [9.17, 15) is 0 Å². The number of nitrogens with one attached hydrogen (secondary N) is 1. The Morgan fingerprint density at radius 3 is 2.69 bits per heavy atom. The van der Waals surface area contributed by atoms with Gasteiger partial charge in [-0.3, -0.25) is 5.01 Å². The lowest BCUT2D eigenvalue weighted by atomic mass is 10.4. The number of H-pyrrole nitrogens is 1. The number of hydrogen-bond donors (Lipinski definition) is 2. The highest BCUT2D eigenvalue weighted by molar-refractivity contribution is 5.21. The van der Waals surface area contributed by atoms with Gasteiger partial charge in [0.05, 0.1) is 0 Å². The van der Waals surface area contributed by atoms with E-state index < -0.39 is 0 Å². The number of nitrogens with zero attached hydrogens (tertiary/aromatic N) is 5. The number of nitrogens with two attached hydrogens (primary N) is 1. The molecule has 13 heavy (non-hydrogen) atoms. The molecular formula is C6H15N7. The predicted molar refractivity (Wildman–Crippen MR) is 48.9 cm³/mol. The lowest BCUT2D eigenvalue weighted by molar-refractivity contribution is 0.400. The molecule has 0 aromatic carbocycles. The van der Waals surface area contributed by atoms with Crippen molar-refractivity contribution in [1.82, 2.24) is 25.5 Å². The van der Waals surface area contributed by atoms with E-state index in [4.69, 9.17) is 5.84 Å². The smallest absolute Gasteiger partial charge is 0.257 e. The van der Waals surface area contributed by atoms with Gasteiger partial charge in [0.2, 0.25) is 0 Å². The zero-order chi connectivity index (χ0) is 9.68. The highest BCUT2D eigenvalue weighted by atomic mass is 15.6. The molecule has 1 heterocycles. The summed E-state index contributed by atoms with van der Waals surface area (Å²) in [5.41, 5.74) is 0. The molecule has 1 rings (SSSR count). The van der Waals surface area contributed by atoms with Crippen molar-refractivity contribution in [3.8, 4) is 0 Å². The molecule has 0 aliphatic rings. The molecule has 0 aliphatic carbocycles. The zero-order valence-corrected chi connectivity index (χ0v) is 7.93. The minimum absolute atomic E-state index is 0.499. The van der Waals surface area contributed by atoms with Crippen LogP contribution in [0.1, 0.15) is 6.42 Å². The topological polar surface area (TPSA) is 87.0 Å². The van der Waals surface area contributed by atoms with Gasteiger partial charge in [-0.1, -0.05) is 5.10 Å². The first-order chi connectivity index (χ1) is 6.20. The van der Waals surface area contributed by atoms with Crippen LogP contribution in [0.4, 0.5) is 5.95 Å². The Morgan fingerprint density at radius 1 is 1.38 bits per heavy atom. The highest BCUT2D eigenvalue weighted by Crippen LogP contribution is 1.97. The van der Waals surface area contributed by atoms with Gasteiger partial charge in [0.25, 0.3) is 5.95 Å². The normalized spacial score (nSPS) is 10.8. The Bertz CT molecular complexity index is 219. The summed E-state index contributed by atoms with van der Waals surface area (Å²) in [5.74, 6) is 6.17. The highest BCUT2D eigenvalue weighted by Gasteiger charge is 2.04. The Balaban J connectivity index is 2.22. The van der Waals surface area contributed by atoms with Gasteiger partial charge in [-0.05, 0) is 37.5 Å². The summed E-state index contributed by atoms with van der Waals surface area (Å²) in [6, 6.07) is 0. The van der Waals surface area contributed by atoms with Crippen LogP contribution in [0.3, 0.4) is 0 Å². The molecule has 0 saturated heterocycles. The Kier molecular flexibility index (Phi) is 3.59. The van der Waals surface area contributed by atoms with Gasteiger partial charge in [-0.15, -0.1) is 0 Å². The van der Waals surface area contributed by atoms with Crippen LogP contribution < -0.4 is 10.9 Å². The number of tetrazole rings is 1. The van der Waals surface area contributed by atoms with Crippen LogP contribution in [0.2, 0.25) is 0 Å². The van der Waals surface area contributed by atoms with E-state index in [1.54, 1.807) is 0 Å². The largest absolute Gasteiger partial charge is 0.309 e. The third-order valence-corrected chi connectivity index (χ3v) is 1.61. The van der Waals surface area contributed by atoms with Crippen molar-refractivity contribution in [3.05, 3.63) is 0 Å². The van der Waals surface area contributed by atoms with Crippen LogP contribution in [0.25, 0.3) is 0 Å². The maximum absolute atomic E-state index is 5.67. The van der Waals surface area contributed by atoms with Crippen molar-refractivity contribution in [2.45, 2.75) is 6.42 Å². The summed E-state index contributed by atoms with van der Waals surface area (Å²) in [5, 5.41) is 14.6. The van der Waals surface area contributed by atoms with Crippen molar-refractivity contribution < 1.29 is 0 Å². The van der Waals surface area contributed by atoms with Crippen LogP contribution in [-0.2, 0) is 0 Å². The average Bonchev–Trinajstić information content (AvgIpc) is 2.55. The van der Waals surface area contributed by atoms with E-state index in [0.717, 1.165) is 19.5 Å². The molecule has 0 radical (unpaired) electrons. The summed E-state index contributed by atoms with van der Waals surface area (Å²) >= 11 is 0.